The van der Waals surface area contributed by atoms with E-state index in [9.17, 15) is 14.6 Å². The number of hydrogen-bond acceptors (Lipinski definition) is 9. The molecule has 2 aromatic heterocycles. The molecule has 13 heteroatoms. The standard InChI is InChI=1S/C50H56F3N5O4Si/c1-6-38-41(52)19-18-33-22-35(59)23-39(42(33)38)44-43(53)45-40(26-54-44)46(56-47(55-45)61-31-50-20-13-21-58(50)28-34(51)25-50)57-27-32(24-49(5,60)30-57)29-62-63(48(2,3)4,36-14-9-7-10-15-36)37-16-11-8-12-17-37/h7-12,14-19,22-23,26,32,34,59-60H,6,13,20-21,24-25,27-31H2,1-5H3/t32-,34+,49-,50-/m0/s1. The SMILES string of the molecule is CCc1c(F)ccc2cc(O)cc(-c3ncc4c(N5C[C@@H](CO[Si](c6ccccc6)(c6ccccc6)C(C)(C)C)C[C@](C)(O)C5)nc(OC[C@@]56CCCN5C[C@H](F)C6)nc4c3F)c12. The van der Waals surface area contributed by atoms with E-state index >= 15 is 8.78 Å². The van der Waals surface area contributed by atoms with E-state index < -0.39 is 37.3 Å². The first kappa shape index (κ1) is 43.2. The zero-order valence-corrected chi connectivity index (χ0v) is 37.7. The second kappa shape index (κ2) is 16.5. The number of nitrogens with zero attached hydrogens (tertiary/aromatic N) is 5. The predicted octanol–water partition coefficient (Wildman–Crippen LogP) is 8.50. The van der Waals surface area contributed by atoms with Crippen molar-refractivity contribution in [1.29, 1.82) is 0 Å². The summed E-state index contributed by atoms with van der Waals surface area (Å²) in [4.78, 5) is 18.4. The number of piperidine rings is 1. The maximum absolute atomic E-state index is 17.5. The Morgan fingerprint density at radius 3 is 2.33 bits per heavy atom. The predicted molar refractivity (Wildman–Crippen MR) is 244 cm³/mol. The van der Waals surface area contributed by atoms with Crippen molar-refractivity contribution in [3.63, 3.8) is 0 Å². The number of hydrogen-bond donors (Lipinski definition) is 2. The Hall–Kier alpha value is -5.08. The van der Waals surface area contributed by atoms with E-state index in [0.29, 0.717) is 66.5 Å². The Labute approximate surface area is 368 Å². The molecule has 6 aromatic rings. The van der Waals surface area contributed by atoms with Gasteiger partial charge in [0.05, 0.1) is 16.5 Å². The molecule has 3 saturated heterocycles. The van der Waals surface area contributed by atoms with Crippen LogP contribution in [0.5, 0.6) is 11.8 Å². The number of rotatable bonds is 11. The molecule has 2 N–H and O–H groups in total. The van der Waals surface area contributed by atoms with Crippen LogP contribution in [0.1, 0.15) is 65.9 Å². The normalized spacial score (nSPS) is 23.2. The average Bonchev–Trinajstić information content (AvgIpc) is 3.78. The first-order valence-electron chi connectivity index (χ1n) is 22.2. The number of aromatic hydroxyl groups is 1. The van der Waals surface area contributed by atoms with E-state index in [-0.39, 0.29) is 52.6 Å². The third-order valence-electron chi connectivity index (χ3n) is 13.6. The Kier molecular flexibility index (Phi) is 11.3. The molecule has 9 nitrogen and oxygen atoms in total. The number of aliphatic hydroxyl groups is 1. The highest BCUT2D eigenvalue weighted by molar-refractivity contribution is 6.99. The number of phenols is 1. The molecule has 5 heterocycles. The van der Waals surface area contributed by atoms with E-state index in [1.54, 1.807) is 13.0 Å². The van der Waals surface area contributed by atoms with E-state index in [2.05, 4.69) is 84.2 Å². The van der Waals surface area contributed by atoms with Crippen LogP contribution >= 0.6 is 0 Å². The maximum atomic E-state index is 17.5. The maximum Gasteiger partial charge on any atom is 0.319 e. The molecule has 0 unspecified atom stereocenters. The number of aryl methyl sites for hydroxylation is 1. The Balaban J connectivity index is 1.14. The van der Waals surface area contributed by atoms with Crippen LogP contribution in [0.25, 0.3) is 32.9 Å². The van der Waals surface area contributed by atoms with Crippen molar-refractivity contribution in [2.24, 2.45) is 5.92 Å². The van der Waals surface area contributed by atoms with Crippen molar-refractivity contribution in [2.45, 2.75) is 89.1 Å². The number of phenolic OH excluding ortho intramolecular Hbond substituents is 1. The van der Waals surface area contributed by atoms with Gasteiger partial charge in [0.2, 0.25) is 0 Å². The molecule has 4 atom stereocenters. The average molecular weight is 876 g/mol. The molecule has 3 aliphatic rings. The van der Waals surface area contributed by atoms with Gasteiger partial charge in [0.1, 0.15) is 41.4 Å². The summed E-state index contributed by atoms with van der Waals surface area (Å²) in [5.74, 6) is -1.19. The zero-order chi connectivity index (χ0) is 44.3. The summed E-state index contributed by atoms with van der Waals surface area (Å²) < 4.78 is 61.4. The summed E-state index contributed by atoms with van der Waals surface area (Å²) in [6.07, 6.45) is 3.33. The van der Waals surface area contributed by atoms with Gasteiger partial charge >= 0.3 is 6.01 Å². The fourth-order valence-electron chi connectivity index (χ4n) is 11.0. The molecular formula is C50H56F3N5O4Si. The van der Waals surface area contributed by atoms with Crippen LogP contribution in [0.15, 0.2) is 91.1 Å². The monoisotopic (exact) mass is 875 g/mol. The lowest BCUT2D eigenvalue weighted by Crippen LogP contribution is -2.67. The highest BCUT2D eigenvalue weighted by Gasteiger charge is 2.52. The van der Waals surface area contributed by atoms with Crippen LogP contribution in [-0.4, -0.2) is 95.1 Å². The first-order valence-corrected chi connectivity index (χ1v) is 24.1. The number of halogens is 3. The zero-order valence-electron chi connectivity index (χ0n) is 36.7. The van der Waals surface area contributed by atoms with Gasteiger partial charge in [-0.25, -0.2) is 13.2 Å². The quantitative estimate of drug-likeness (QED) is 0.124. The number of pyridine rings is 1. The molecule has 4 aromatic carbocycles. The van der Waals surface area contributed by atoms with Gasteiger partial charge in [0.15, 0.2) is 5.82 Å². The lowest BCUT2D eigenvalue weighted by molar-refractivity contribution is 0.0145. The number of alkyl halides is 1. The van der Waals surface area contributed by atoms with Gasteiger partial charge in [-0.3, -0.25) is 9.88 Å². The molecule has 63 heavy (non-hydrogen) atoms. The van der Waals surface area contributed by atoms with E-state index in [0.717, 1.165) is 29.8 Å². The molecule has 0 spiro atoms. The molecule has 330 valence electrons. The second-order valence-corrected chi connectivity index (χ2v) is 23.6. The summed E-state index contributed by atoms with van der Waals surface area (Å²) >= 11 is 0. The third-order valence-corrected chi connectivity index (χ3v) is 18.6. The van der Waals surface area contributed by atoms with E-state index in [1.807, 2.05) is 24.0 Å². The Morgan fingerprint density at radius 2 is 1.65 bits per heavy atom. The smallest absolute Gasteiger partial charge is 0.319 e. The van der Waals surface area contributed by atoms with Crippen molar-refractivity contribution >= 4 is 46.2 Å². The van der Waals surface area contributed by atoms with Crippen LogP contribution in [-0.2, 0) is 10.8 Å². The number of β-amino-alcohol motifs (C(OH)–C–C–N with tert-alkyl or cyclic N) is 1. The number of aromatic nitrogens is 3. The fourth-order valence-corrected chi connectivity index (χ4v) is 15.7. The van der Waals surface area contributed by atoms with Gasteiger partial charge in [-0.1, -0.05) is 94.4 Å². The van der Waals surface area contributed by atoms with Crippen molar-refractivity contribution < 1.29 is 32.5 Å². The molecule has 3 aliphatic heterocycles. The molecule has 0 aliphatic carbocycles. The van der Waals surface area contributed by atoms with Gasteiger partial charge in [-0.15, -0.1) is 0 Å². The molecule has 0 amide bonds. The fraction of sp³-hybridized carbons (Fsp3) is 0.420. The minimum Gasteiger partial charge on any atom is -0.508 e. The number of ether oxygens (including phenoxy) is 1. The van der Waals surface area contributed by atoms with Crippen LogP contribution < -0.4 is 20.0 Å². The topological polar surface area (TPSA) is 104 Å². The minimum absolute atomic E-state index is 0.0770. The molecular weight excluding hydrogens is 820 g/mol. The van der Waals surface area contributed by atoms with Crippen molar-refractivity contribution in [1.82, 2.24) is 19.9 Å². The van der Waals surface area contributed by atoms with Gasteiger partial charge in [-0.05, 0) is 89.1 Å². The lowest BCUT2D eigenvalue weighted by atomic mass is 9.87. The molecule has 0 radical (unpaired) electrons. The molecule has 3 fully saturated rings. The summed E-state index contributed by atoms with van der Waals surface area (Å²) in [5, 5.41) is 26.2. The van der Waals surface area contributed by atoms with Gasteiger partial charge in [0.25, 0.3) is 8.32 Å². The summed E-state index contributed by atoms with van der Waals surface area (Å²) in [6, 6.07) is 26.6. The highest BCUT2D eigenvalue weighted by atomic mass is 28.4. The molecule has 0 bridgehead atoms. The van der Waals surface area contributed by atoms with Crippen LogP contribution in [0.4, 0.5) is 19.0 Å². The second-order valence-electron chi connectivity index (χ2n) is 19.3. The van der Waals surface area contributed by atoms with Crippen molar-refractivity contribution in [2.75, 3.05) is 44.3 Å². The summed E-state index contributed by atoms with van der Waals surface area (Å²) in [7, 11) is -2.93. The van der Waals surface area contributed by atoms with Gasteiger partial charge in [-0.2, -0.15) is 9.97 Å². The van der Waals surface area contributed by atoms with Crippen LogP contribution in [0.3, 0.4) is 0 Å². The lowest BCUT2D eigenvalue weighted by Gasteiger charge is -2.46. The van der Waals surface area contributed by atoms with Crippen molar-refractivity contribution in [3.8, 4) is 23.0 Å². The largest absolute Gasteiger partial charge is 0.508 e. The Morgan fingerprint density at radius 1 is 0.937 bits per heavy atom. The number of benzene rings is 4. The minimum atomic E-state index is -2.93. The summed E-state index contributed by atoms with van der Waals surface area (Å²) in [6.45, 7) is 12.5. The molecule has 0 saturated carbocycles. The molecule has 9 rings (SSSR count). The van der Waals surface area contributed by atoms with Crippen LogP contribution in [0, 0.1) is 17.6 Å². The van der Waals surface area contributed by atoms with Crippen LogP contribution in [0.2, 0.25) is 5.04 Å². The number of fused-ring (bicyclic) bond motifs is 3. The van der Waals surface area contributed by atoms with Crippen molar-refractivity contribution in [3.05, 3.63) is 108 Å². The van der Waals surface area contributed by atoms with Gasteiger partial charge in [0, 0.05) is 50.3 Å². The summed E-state index contributed by atoms with van der Waals surface area (Å²) in [5.41, 5.74) is -1.29. The Bertz CT molecular complexity index is 2610. The van der Waals surface area contributed by atoms with Gasteiger partial charge < -0.3 is 24.3 Å². The first-order chi connectivity index (χ1) is 30.1. The van der Waals surface area contributed by atoms with E-state index in [1.165, 1.54) is 24.4 Å². The van der Waals surface area contributed by atoms with E-state index in [4.69, 9.17) is 14.1 Å². The third kappa shape index (κ3) is 7.85. The number of anilines is 1. The highest BCUT2D eigenvalue weighted by Crippen LogP contribution is 2.43.